The molecule has 0 bridgehead atoms. The van der Waals surface area contributed by atoms with E-state index in [9.17, 15) is 18.4 Å². The van der Waals surface area contributed by atoms with E-state index in [-0.39, 0.29) is 30.0 Å². The van der Waals surface area contributed by atoms with Crippen molar-refractivity contribution >= 4 is 17.7 Å². The Bertz CT molecular complexity index is 636. The molecule has 1 N–H and O–H groups in total. The summed E-state index contributed by atoms with van der Waals surface area (Å²) in [5.74, 6) is -1.69. The molecule has 1 aromatic carbocycles. The number of ether oxygens (including phenoxy) is 1. The standard InChI is InChI=1S/C18H24F2N2O3/c1-18(2,3)25-17(24)22-8-6-12(7-9-22)10-16(23)21-15-5-4-13(19)11-14(15)20/h4-5,11-12H,6-10H2,1-3H3,(H,21,23). The van der Waals surface area contributed by atoms with Gasteiger partial charge in [0.05, 0.1) is 5.69 Å². The SMILES string of the molecule is CC(C)(C)OC(=O)N1CCC(CC(=O)Nc2ccc(F)cc2F)CC1. The van der Waals surface area contributed by atoms with Gasteiger partial charge < -0.3 is 15.0 Å². The molecule has 2 amide bonds. The summed E-state index contributed by atoms with van der Waals surface area (Å²) in [6.45, 7) is 6.50. The highest BCUT2D eigenvalue weighted by Crippen LogP contribution is 2.23. The van der Waals surface area contributed by atoms with Gasteiger partial charge in [0, 0.05) is 25.6 Å². The van der Waals surface area contributed by atoms with Crippen molar-refractivity contribution in [3.05, 3.63) is 29.8 Å². The van der Waals surface area contributed by atoms with Crippen LogP contribution >= 0.6 is 0 Å². The predicted octanol–water partition coefficient (Wildman–Crippen LogP) is 3.94. The van der Waals surface area contributed by atoms with Crippen molar-refractivity contribution in [3.8, 4) is 0 Å². The number of hydrogen-bond acceptors (Lipinski definition) is 3. The largest absolute Gasteiger partial charge is 0.444 e. The van der Waals surface area contributed by atoms with Crippen LogP contribution in [0.4, 0.5) is 19.3 Å². The first-order valence-corrected chi connectivity index (χ1v) is 8.37. The van der Waals surface area contributed by atoms with Crippen molar-refractivity contribution in [1.82, 2.24) is 4.90 Å². The van der Waals surface area contributed by atoms with Crippen LogP contribution in [0.1, 0.15) is 40.0 Å². The van der Waals surface area contributed by atoms with Crippen LogP contribution in [0.15, 0.2) is 18.2 Å². The Balaban J connectivity index is 1.79. The van der Waals surface area contributed by atoms with E-state index in [1.165, 1.54) is 6.07 Å². The van der Waals surface area contributed by atoms with Crippen LogP contribution in [0.25, 0.3) is 0 Å². The summed E-state index contributed by atoms with van der Waals surface area (Å²) in [4.78, 5) is 25.7. The Morgan fingerprint density at radius 2 is 1.88 bits per heavy atom. The monoisotopic (exact) mass is 354 g/mol. The molecule has 5 nitrogen and oxygen atoms in total. The summed E-state index contributed by atoms with van der Waals surface area (Å²) < 4.78 is 31.7. The average molecular weight is 354 g/mol. The topological polar surface area (TPSA) is 58.6 Å². The zero-order valence-corrected chi connectivity index (χ0v) is 14.8. The maximum absolute atomic E-state index is 13.6. The van der Waals surface area contributed by atoms with Crippen molar-refractivity contribution in [2.24, 2.45) is 5.92 Å². The molecule has 0 saturated carbocycles. The first-order valence-electron chi connectivity index (χ1n) is 8.37. The molecule has 1 aromatic rings. The van der Waals surface area contributed by atoms with Gasteiger partial charge in [-0.05, 0) is 51.7 Å². The van der Waals surface area contributed by atoms with Crippen LogP contribution in [-0.2, 0) is 9.53 Å². The first-order chi connectivity index (χ1) is 11.6. The summed E-state index contributed by atoms with van der Waals surface area (Å²) in [5, 5.41) is 2.46. The molecule has 0 aromatic heterocycles. The third kappa shape index (κ3) is 5.99. The lowest BCUT2D eigenvalue weighted by Crippen LogP contribution is -2.42. The smallest absolute Gasteiger partial charge is 0.410 e. The predicted molar refractivity (Wildman–Crippen MR) is 90.1 cm³/mol. The second-order valence-corrected chi connectivity index (χ2v) is 7.29. The number of piperidine rings is 1. The molecule has 1 heterocycles. The lowest BCUT2D eigenvalue weighted by atomic mass is 9.93. The summed E-state index contributed by atoms with van der Waals surface area (Å²) in [5.41, 5.74) is -0.565. The molecule has 1 aliphatic rings. The molecule has 0 spiro atoms. The number of rotatable bonds is 3. The molecule has 0 aliphatic carbocycles. The molecule has 0 unspecified atom stereocenters. The van der Waals surface area contributed by atoms with E-state index in [0.29, 0.717) is 25.9 Å². The molecular weight excluding hydrogens is 330 g/mol. The van der Waals surface area contributed by atoms with Gasteiger partial charge in [0.1, 0.15) is 17.2 Å². The van der Waals surface area contributed by atoms with E-state index in [1.807, 2.05) is 20.8 Å². The quantitative estimate of drug-likeness (QED) is 0.894. The fourth-order valence-corrected chi connectivity index (χ4v) is 2.70. The minimum Gasteiger partial charge on any atom is -0.444 e. The fourth-order valence-electron chi connectivity index (χ4n) is 2.70. The van der Waals surface area contributed by atoms with Gasteiger partial charge >= 0.3 is 6.09 Å². The van der Waals surface area contributed by atoms with Crippen LogP contribution in [0.3, 0.4) is 0 Å². The fraction of sp³-hybridized carbons (Fsp3) is 0.556. The Morgan fingerprint density at radius 1 is 1.24 bits per heavy atom. The summed E-state index contributed by atoms with van der Waals surface area (Å²) in [6.07, 6.45) is 1.25. The number of hydrogen-bond donors (Lipinski definition) is 1. The average Bonchev–Trinajstić information content (AvgIpc) is 2.49. The van der Waals surface area contributed by atoms with Gasteiger partial charge in [-0.2, -0.15) is 0 Å². The van der Waals surface area contributed by atoms with Gasteiger partial charge in [0.2, 0.25) is 5.91 Å². The Kier molecular flexibility index (Phi) is 5.98. The van der Waals surface area contributed by atoms with E-state index in [4.69, 9.17) is 4.74 Å². The third-order valence-corrected chi connectivity index (χ3v) is 3.95. The maximum Gasteiger partial charge on any atom is 0.410 e. The zero-order valence-electron chi connectivity index (χ0n) is 14.8. The number of carbonyl (C=O) groups excluding carboxylic acids is 2. The van der Waals surface area contributed by atoms with E-state index < -0.39 is 17.2 Å². The highest BCUT2D eigenvalue weighted by Gasteiger charge is 2.27. The summed E-state index contributed by atoms with van der Waals surface area (Å²) >= 11 is 0. The number of carbonyl (C=O) groups is 2. The third-order valence-electron chi connectivity index (χ3n) is 3.95. The lowest BCUT2D eigenvalue weighted by molar-refractivity contribution is -0.117. The molecular formula is C18H24F2N2O3. The van der Waals surface area contributed by atoms with Crippen LogP contribution in [-0.4, -0.2) is 35.6 Å². The normalized spacial score (nSPS) is 15.8. The van der Waals surface area contributed by atoms with E-state index in [1.54, 1.807) is 4.90 Å². The van der Waals surface area contributed by atoms with E-state index in [2.05, 4.69) is 5.32 Å². The van der Waals surface area contributed by atoms with Crippen LogP contribution in [0.5, 0.6) is 0 Å². The minimum atomic E-state index is -0.798. The number of anilines is 1. The Hall–Kier alpha value is -2.18. The minimum absolute atomic E-state index is 0.0300. The number of amides is 2. The second kappa shape index (κ2) is 7.80. The number of likely N-dealkylation sites (tertiary alicyclic amines) is 1. The Morgan fingerprint density at radius 3 is 2.44 bits per heavy atom. The van der Waals surface area contributed by atoms with Crippen LogP contribution < -0.4 is 5.32 Å². The molecule has 0 atom stereocenters. The number of benzene rings is 1. The van der Waals surface area contributed by atoms with Crippen molar-refractivity contribution in [1.29, 1.82) is 0 Å². The molecule has 1 aliphatic heterocycles. The molecule has 0 radical (unpaired) electrons. The van der Waals surface area contributed by atoms with Gasteiger partial charge in [0.25, 0.3) is 0 Å². The van der Waals surface area contributed by atoms with Crippen LogP contribution in [0, 0.1) is 17.6 Å². The second-order valence-electron chi connectivity index (χ2n) is 7.29. The Labute approximate surface area is 146 Å². The van der Waals surface area contributed by atoms with Crippen molar-refractivity contribution in [2.45, 2.75) is 45.6 Å². The summed E-state index contributed by atoms with van der Waals surface area (Å²) in [6, 6.07) is 3.03. The number of nitrogens with zero attached hydrogens (tertiary/aromatic N) is 1. The van der Waals surface area contributed by atoms with Gasteiger partial charge in [-0.25, -0.2) is 13.6 Å². The van der Waals surface area contributed by atoms with E-state index >= 15 is 0 Å². The zero-order chi connectivity index (χ0) is 18.6. The maximum atomic E-state index is 13.6. The number of nitrogens with one attached hydrogen (secondary N) is 1. The molecule has 1 fully saturated rings. The van der Waals surface area contributed by atoms with Crippen molar-refractivity contribution < 1.29 is 23.1 Å². The highest BCUT2D eigenvalue weighted by molar-refractivity contribution is 5.91. The molecule has 2 rings (SSSR count). The molecule has 25 heavy (non-hydrogen) atoms. The van der Waals surface area contributed by atoms with Gasteiger partial charge in [-0.1, -0.05) is 0 Å². The molecule has 7 heteroatoms. The number of halogens is 2. The lowest BCUT2D eigenvalue weighted by Gasteiger charge is -2.33. The van der Waals surface area contributed by atoms with Crippen molar-refractivity contribution in [3.63, 3.8) is 0 Å². The van der Waals surface area contributed by atoms with Gasteiger partial charge in [-0.15, -0.1) is 0 Å². The van der Waals surface area contributed by atoms with Crippen LogP contribution in [0.2, 0.25) is 0 Å². The van der Waals surface area contributed by atoms with Crippen molar-refractivity contribution in [2.75, 3.05) is 18.4 Å². The molecule has 1 saturated heterocycles. The van der Waals surface area contributed by atoms with Gasteiger partial charge in [0.15, 0.2) is 0 Å². The first kappa shape index (κ1) is 19.1. The highest BCUT2D eigenvalue weighted by atomic mass is 19.1. The molecule has 138 valence electrons. The van der Waals surface area contributed by atoms with E-state index in [0.717, 1.165) is 12.1 Å². The van der Waals surface area contributed by atoms with Gasteiger partial charge in [-0.3, -0.25) is 4.79 Å². The summed E-state index contributed by atoms with van der Waals surface area (Å²) in [7, 11) is 0.